The van der Waals surface area contributed by atoms with Crippen molar-refractivity contribution in [2.45, 2.75) is 16.8 Å². The Bertz CT molecular complexity index is 862. The van der Waals surface area contributed by atoms with Crippen LogP contribution in [0.5, 0.6) is 5.75 Å². The van der Waals surface area contributed by atoms with E-state index in [9.17, 15) is 4.79 Å². The Kier molecular flexibility index (Phi) is 5.36. The molecule has 5 heteroatoms. The zero-order chi connectivity index (χ0) is 17.6. The standard InChI is InChI=1S/C20H18N2O2S/c1-14-5-11-17(12-6-14)25-20-18(4-3-13-21-20)19(23)22-15-7-9-16(24-2)10-8-15/h3-13H,1-2H3,(H,22,23). The predicted molar refractivity (Wildman–Crippen MR) is 100 cm³/mol. The number of hydrogen-bond acceptors (Lipinski definition) is 4. The molecule has 25 heavy (non-hydrogen) atoms. The summed E-state index contributed by atoms with van der Waals surface area (Å²) < 4.78 is 5.13. The highest BCUT2D eigenvalue weighted by Gasteiger charge is 2.13. The summed E-state index contributed by atoms with van der Waals surface area (Å²) in [5, 5.41) is 3.58. The first-order valence-electron chi connectivity index (χ1n) is 7.80. The van der Waals surface area contributed by atoms with Crippen molar-refractivity contribution in [2.75, 3.05) is 12.4 Å². The van der Waals surface area contributed by atoms with Gasteiger partial charge >= 0.3 is 0 Å². The number of nitrogens with one attached hydrogen (secondary N) is 1. The van der Waals surface area contributed by atoms with Crippen molar-refractivity contribution in [1.29, 1.82) is 0 Å². The van der Waals surface area contributed by atoms with Crippen LogP contribution in [0.3, 0.4) is 0 Å². The summed E-state index contributed by atoms with van der Waals surface area (Å²) in [5.41, 5.74) is 2.45. The molecule has 0 atom stereocenters. The molecule has 3 rings (SSSR count). The van der Waals surface area contributed by atoms with Gasteiger partial charge in [-0.25, -0.2) is 4.98 Å². The first kappa shape index (κ1) is 17.0. The molecule has 1 amide bonds. The molecule has 1 N–H and O–H groups in total. The number of aromatic nitrogens is 1. The number of nitrogens with zero attached hydrogens (tertiary/aromatic N) is 1. The van der Waals surface area contributed by atoms with E-state index in [0.29, 0.717) is 16.3 Å². The van der Waals surface area contributed by atoms with E-state index in [0.717, 1.165) is 10.6 Å². The van der Waals surface area contributed by atoms with Crippen molar-refractivity contribution < 1.29 is 9.53 Å². The number of ether oxygens (including phenoxy) is 1. The first-order valence-corrected chi connectivity index (χ1v) is 8.62. The van der Waals surface area contributed by atoms with Crippen LogP contribution in [-0.4, -0.2) is 18.0 Å². The Morgan fingerprint density at radius 3 is 2.44 bits per heavy atom. The fourth-order valence-corrected chi connectivity index (χ4v) is 3.12. The molecule has 126 valence electrons. The number of benzene rings is 2. The topological polar surface area (TPSA) is 51.2 Å². The van der Waals surface area contributed by atoms with Crippen molar-refractivity contribution in [1.82, 2.24) is 4.98 Å². The molecular formula is C20H18N2O2S. The van der Waals surface area contributed by atoms with Crippen molar-refractivity contribution in [3.8, 4) is 5.75 Å². The average molecular weight is 350 g/mol. The monoisotopic (exact) mass is 350 g/mol. The first-order chi connectivity index (χ1) is 12.2. The molecule has 0 bridgehead atoms. The average Bonchev–Trinajstić information content (AvgIpc) is 2.64. The van der Waals surface area contributed by atoms with Crippen molar-refractivity contribution >= 4 is 23.4 Å². The Morgan fingerprint density at radius 1 is 1.04 bits per heavy atom. The lowest BCUT2D eigenvalue weighted by Gasteiger charge is -2.10. The molecule has 0 unspecified atom stereocenters. The molecule has 1 aromatic heterocycles. The van der Waals surface area contributed by atoms with Crippen LogP contribution < -0.4 is 10.1 Å². The maximum absolute atomic E-state index is 12.6. The van der Waals surface area contributed by atoms with Gasteiger partial charge in [0, 0.05) is 16.8 Å². The molecule has 2 aromatic carbocycles. The van der Waals surface area contributed by atoms with Gasteiger partial charge in [-0.1, -0.05) is 29.5 Å². The molecule has 0 fully saturated rings. The Labute approximate surface area is 151 Å². The molecule has 0 aliphatic heterocycles. The van der Waals surface area contributed by atoms with Gasteiger partial charge in [-0.2, -0.15) is 0 Å². The van der Waals surface area contributed by atoms with Crippen LogP contribution in [0.15, 0.2) is 76.8 Å². The van der Waals surface area contributed by atoms with Crippen LogP contribution in [0, 0.1) is 6.92 Å². The number of methoxy groups -OCH3 is 1. The van der Waals surface area contributed by atoms with Gasteiger partial charge in [-0.15, -0.1) is 0 Å². The maximum Gasteiger partial charge on any atom is 0.258 e. The SMILES string of the molecule is COc1ccc(NC(=O)c2cccnc2Sc2ccc(C)cc2)cc1. The summed E-state index contributed by atoms with van der Waals surface area (Å²) in [6.45, 7) is 2.04. The molecule has 0 saturated carbocycles. The fraction of sp³-hybridized carbons (Fsp3) is 0.100. The lowest BCUT2D eigenvalue weighted by molar-refractivity contribution is 0.102. The number of anilines is 1. The maximum atomic E-state index is 12.6. The van der Waals surface area contributed by atoms with Gasteiger partial charge in [0.05, 0.1) is 12.7 Å². The molecule has 1 heterocycles. The molecule has 0 aliphatic carbocycles. The van der Waals surface area contributed by atoms with Crippen LogP contribution in [-0.2, 0) is 0 Å². The lowest BCUT2D eigenvalue weighted by Crippen LogP contribution is -2.13. The Hall–Kier alpha value is -2.79. The van der Waals surface area contributed by atoms with E-state index in [1.807, 2.05) is 31.2 Å². The van der Waals surface area contributed by atoms with Gasteiger partial charge in [-0.05, 0) is 55.5 Å². The number of carbonyl (C=O) groups is 1. The van der Waals surface area contributed by atoms with Crippen LogP contribution in [0.1, 0.15) is 15.9 Å². The largest absolute Gasteiger partial charge is 0.497 e. The van der Waals surface area contributed by atoms with Crippen molar-refractivity contribution in [3.05, 3.63) is 78.0 Å². The molecule has 0 radical (unpaired) electrons. The Morgan fingerprint density at radius 2 is 1.76 bits per heavy atom. The number of hydrogen-bond donors (Lipinski definition) is 1. The molecule has 0 aliphatic rings. The van der Waals surface area contributed by atoms with E-state index >= 15 is 0 Å². The quantitative estimate of drug-likeness (QED) is 0.718. The third kappa shape index (κ3) is 4.39. The van der Waals surface area contributed by atoms with E-state index in [1.54, 1.807) is 49.7 Å². The number of carbonyl (C=O) groups excluding carboxylic acids is 1. The van der Waals surface area contributed by atoms with Gasteiger partial charge in [0.15, 0.2) is 0 Å². The lowest BCUT2D eigenvalue weighted by atomic mass is 10.2. The highest BCUT2D eigenvalue weighted by Crippen LogP contribution is 2.29. The number of pyridine rings is 1. The molecule has 4 nitrogen and oxygen atoms in total. The third-order valence-electron chi connectivity index (χ3n) is 3.60. The molecule has 0 spiro atoms. The van der Waals surface area contributed by atoms with Gasteiger partial charge < -0.3 is 10.1 Å². The zero-order valence-corrected chi connectivity index (χ0v) is 14.8. The van der Waals surface area contributed by atoms with E-state index in [4.69, 9.17) is 4.74 Å². The fourth-order valence-electron chi connectivity index (χ4n) is 2.24. The normalized spacial score (nSPS) is 10.3. The van der Waals surface area contributed by atoms with E-state index < -0.39 is 0 Å². The minimum absolute atomic E-state index is 0.187. The van der Waals surface area contributed by atoms with Gasteiger partial charge in [0.1, 0.15) is 10.8 Å². The zero-order valence-electron chi connectivity index (χ0n) is 14.0. The van der Waals surface area contributed by atoms with Crippen molar-refractivity contribution in [3.63, 3.8) is 0 Å². The summed E-state index contributed by atoms with van der Waals surface area (Å²) in [6, 6.07) is 18.9. The number of amides is 1. The number of aryl methyl sites for hydroxylation is 1. The van der Waals surface area contributed by atoms with Crippen LogP contribution in [0.4, 0.5) is 5.69 Å². The minimum atomic E-state index is -0.187. The van der Waals surface area contributed by atoms with Crippen LogP contribution >= 0.6 is 11.8 Å². The van der Waals surface area contributed by atoms with Crippen molar-refractivity contribution in [2.24, 2.45) is 0 Å². The highest BCUT2D eigenvalue weighted by molar-refractivity contribution is 7.99. The van der Waals surface area contributed by atoms with Gasteiger partial charge in [-0.3, -0.25) is 4.79 Å². The smallest absolute Gasteiger partial charge is 0.258 e. The third-order valence-corrected chi connectivity index (χ3v) is 4.63. The van der Waals surface area contributed by atoms with Crippen LogP contribution in [0.2, 0.25) is 0 Å². The second kappa shape index (κ2) is 7.85. The van der Waals surface area contributed by atoms with E-state index in [1.165, 1.54) is 17.3 Å². The Balaban J connectivity index is 1.79. The van der Waals surface area contributed by atoms with Gasteiger partial charge in [0.25, 0.3) is 5.91 Å². The van der Waals surface area contributed by atoms with Crippen LogP contribution in [0.25, 0.3) is 0 Å². The summed E-state index contributed by atoms with van der Waals surface area (Å²) in [6.07, 6.45) is 1.70. The summed E-state index contributed by atoms with van der Waals surface area (Å²) >= 11 is 1.48. The van der Waals surface area contributed by atoms with Gasteiger partial charge in [0.2, 0.25) is 0 Å². The summed E-state index contributed by atoms with van der Waals surface area (Å²) in [5.74, 6) is 0.558. The van der Waals surface area contributed by atoms with E-state index in [-0.39, 0.29) is 5.91 Å². The van der Waals surface area contributed by atoms with E-state index in [2.05, 4.69) is 10.3 Å². The summed E-state index contributed by atoms with van der Waals surface area (Å²) in [7, 11) is 1.61. The highest BCUT2D eigenvalue weighted by atomic mass is 32.2. The number of rotatable bonds is 5. The molecule has 3 aromatic rings. The second-order valence-corrected chi connectivity index (χ2v) is 6.52. The minimum Gasteiger partial charge on any atom is -0.497 e. The summed E-state index contributed by atoms with van der Waals surface area (Å²) in [4.78, 5) is 18.1. The molecule has 0 saturated heterocycles. The predicted octanol–water partition coefficient (Wildman–Crippen LogP) is 4.80. The second-order valence-electron chi connectivity index (χ2n) is 5.45. The molecular weight excluding hydrogens is 332 g/mol.